The van der Waals surface area contributed by atoms with Crippen LogP contribution in [0.15, 0.2) is 17.1 Å². The number of carbonyl (C=O) groups excluding carboxylic acids is 1. The first-order valence-electron chi connectivity index (χ1n) is 7.45. The van der Waals surface area contributed by atoms with Gasteiger partial charge in [0.05, 0.1) is 5.69 Å². The third-order valence-electron chi connectivity index (χ3n) is 2.86. The molecule has 0 aliphatic carbocycles. The maximum absolute atomic E-state index is 13.5. The van der Waals surface area contributed by atoms with Crippen LogP contribution in [0.4, 0.5) is 18.9 Å². The number of hydrogen-bond donors (Lipinski definition) is 3. The van der Waals surface area contributed by atoms with Crippen molar-refractivity contribution >= 4 is 41.5 Å². The van der Waals surface area contributed by atoms with Gasteiger partial charge in [-0.05, 0) is 25.5 Å². The molecule has 0 radical (unpaired) electrons. The number of aliphatic imine (C=N–C) groups is 1. The highest BCUT2D eigenvalue weighted by Crippen LogP contribution is 2.19. The molecule has 0 fully saturated rings. The quantitative estimate of drug-likeness (QED) is 0.194. The maximum Gasteiger partial charge on any atom is 0.246 e. The Morgan fingerprint density at radius 2 is 1.83 bits per heavy atom. The van der Waals surface area contributed by atoms with Crippen LogP contribution in [0, 0.1) is 17.5 Å². The summed E-state index contributed by atoms with van der Waals surface area (Å²) in [5.41, 5.74) is -0.423. The second kappa shape index (κ2) is 11.9. The summed E-state index contributed by atoms with van der Waals surface area (Å²) in [7, 11) is 0. The number of halogens is 4. The molecule has 0 saturated heterocycles. The molecular weight excluding hydrogens is 436 g/mol. The number of guanidine groups is 1. The molecule has 1 rings (SSSR count). The summed E-state index contributed by atoms with van der Waals surface area (Å²) in [6, 6.07) is 1.70. The van der Waals surface area contributed by atoms with Crippen molar-refractivity contribution in [2.24, 2.45) is 4.99 Å². The lowest BCUT2D eigenvalue weighted by atomic mass is 10.3. The summed E-state index contributed by atoms with van der Waals surface area (Å²) < 4.78 is 39.4. The number of anilines is 1. The standard InChI is InChI=1S/C15H21F3N4O.HI/c1-3-5-8-20-15(19-4-2)21-9-12(23)22-11-7-6-10(16)13(17)14(11)18;/h6-7H,3-5,8-9H2,1-2H3,(H,22,23)(H2,19,20,21);1H. The van der Waals surface area contributed by atoms with Crippen molar-refractivity contribution in [3.8, 4) is 0 Å². The Morgan fingerprint density at radius 1 is 1.12 bits per heavy atom. The van der Waals surface area contributed by atoms with Gasteiger partial charge in [-0.3, -0.25) is 4.79 Å². The van der Waals surface area contributed by atoms with Crippen LogP contribution in [-0.2, 0) is 4.79 Å². The number of unbranched alkanes of at least 4 members (excludes halogenated alkanes) is 1. The molecule has 9 heteroatoms. The minimum absolute atomic E-state index is 0. The van der Waals surface area contributed by atoms with Crippen molar-refractivity contribution in [3.63, 3.8) is 0 Å². The molecule has 3 N–H and O–H groups in total. The van der Waals surface area contributed by atoms with Gasteiger partial charge in [-0.1, -0.05) is 13.3 Å². The first kappa shape index (κ1) is 22.5. The number of carbonyl (C=O) groups is 1. The number of benzene rings is 1. The van der Waals surface area contributed by atoms with Crippen molar-refractivity contribution in [1.29, 1.82) is 0 Å². The van der Waals surface area contributed by atoms with Gasteiger partial charge in [-0.25, -0.2) is 18.2 Å². The van der Waals surface area contributed by atoms with Crippen LogP contribution in [0.1, 0.15) is 26.7 Å². The van der Waals surface area contributed by atoms with E-state index < -0.39 is 29.0 Å². The molecule has 0 unspecified atom stereocenters. The van der Waals surface area contributed by atoms with Crippen LogP contribution >= 0.6 is 24.0 Å². The van der Waals surface area contributed by atoms with Gasteiger partial charge in [-0.2, -0.15) is 0 Å². The summed E-state index contributed by atoms with van der Waals surface area (Å²) in [4.78, 5) is 15.8. The number of hydrogen-bond acceptors (Lipinski definition) is 2. The number of rotatable bonds is 7. The van der Waals surface area contributed by atoms with Gasteiger partial charge in [0.1, 0.15) is 6.54 Å². The Hall–Kier alpha value is -1.52. The van der Waals surface area contributed by atoms with Crippen molar-refractivity contribution in [3.05, 3.63) is 29.6 Å². The third-order valence-corrected chi connectivity index (χ3v) is 2.86. The van der Waals surface area contributed by atoms with Crippen LogP contribution in [0.2, 0.25) is 0 Å². The van der Waals surface area contributed by atoms with E-state index in [-0.39, 0.29) is 30.5 Å². The summed E-state index contributed by atoms with van der Waals surface area (Å²) in [5, 5.41) is 8.17. The molecule has 0 heterocycles. The zero-order chi connectivity index (χ0) is 17.2. The second-order valence-corrected chi connectivity index (χ2v) is 4.75. The lowest BCUT2D eigenvalue weighted by Gasteiger charge is -2.11. The Labute approximate surface area is 156 Å². The molecule has 136 valence electrons. The smallest absolute Gasteiger partial charge is 0.246 e. The maximum atomic E-state index is 13.5. The van der Waals surface area contributed by atoms with E-state index in [0.29, 0.717) is 19.0 Å². The molecule has 0 bridgehead atoms. The first-order chi connectivity index (χ1) is 11.0. The minimum Gasteiger partial charge on any atom is -0.357 e. The fourth-order valence-electron chi connectivity index (χ4n) is 1.69. The Balaban J connectivity index is 0.00000529. The molecule has 1 aromatic carbocycles. The highest BCUT2D eigenvalue weighted by atomic mass is 127. The molecule has 0 spiro atoms. The zero-order valence-electron chi connectivity index (χ0n) is 13.6. The van der Waals surface area contributed by atoms with E-state index in [9.17, 15) is 18.0 Å². The fourth-order valence-corrected chi connectivity index (χ4v) is 1.69. The average molecular weight is 458 g/mol. The van der Waals surface area contributed by atoms with Crippen molar-refractivity contribution in [2.45, 2.75) is 26.7 Å². The van der Waals surface area contributed by atoms with E-state index in [2.05, 4.69) is 27.9 Å². The van der Waals surface area contributed by atoms with Crippen LogP contribution in [-0.4, -0.2) is 31.5 Å². The van der Waals surface area contributed by atoms with E-state index in [0.717, 1.165) is 25.0 Å². The highest BCUT2D eigenvalue weighted by Gasteiger charge is 2.15. The van der Waals surface area contributed by atoms with Crippen LogP contribution in [0.3, 0.4) is 0 Å². The highest BCUT2D eigenvalue weighted by molar-refractivity contribution is 14.0. The Morgan fingerprint density at radius 3 is 2.46 bits per heavy atom. The van der Waals surface area contributed by atoms with E-state index in [1.165, 1.54) is 0 Å². The average Bonchev–Trinajstić information content (AvgIpc) is 2.53. The van der Waals surface area contributed by atoms with Gasteiger partial charge in [0, 0.05) is 13.1 Å². The molecule has 1 aromatic rings. The molecule has 1 amide bonds. The molecule has 0 aliphatic heterocycles. The van der Waals surface area contributed by atoms with E-state index >= 15 is 0 Å². The van der Waals surface area contributed by atoms with E-state index in [1.54, 1.807) is 0 Å². The third kappa shape index (κ3) is 7.37. The van der Waals surface area contributed by atoms with Crippen molar-refractivity contribution < 1.29 is 18.0 Å². The number of nitrogens with one attached hydrogen (secondary N) is 3. The lowest BCUT2D eigenvalue weighted by molar-refractivity contribution is -0.114. The van der Waals surface area contributed by atoms with Crippen molar-refractivity contribution in [1.82, 2.24) is 10.6 Å². The molecular formula is C15H22F3IN4O. The van der Waals surface area contributed by atoms with Crippen LogP contribution in [0.5, 0.6) is 0 Å². The van der Waals surface area contributed by atoms with Crippen LogP contribution in [0.25, 0.3) is 0 Å². The summed E-state index contributed by atoms with van der Waals surface area (Å²) in [6.45, 7) is 4.99. The van der Waals surface area contributed by atoms with Crippen molar-refractivity contribution in [2.75, 3.05) is 25.0 Å². The fraction of sp³-hybridized carbons (Fsp3) is 0.467. The summed E-state index contributed by atoms with van der Waals surface area (Å²) in [6.07, 6.45) is 1.97. The van der Waals surface area contributed by atoms with Gasteiger partial charge in [0.2, 0.25) is 5.91 Å². The molecule has 0 aliphatic rings. The molecule has 5 nitrogen and oxygen atoms in total. The van der Waals surface area contributed by atoms with Gasteiger partial charge >= 0.3 is 0 Å². The van der Waals surface area contributed by atoms with Gasteiger partial charge in [0.25, 0.3) is 0 Å². The molecule has 0 aromatic heterocycles. The molecule has 0 saturated carbocycles. The molecule has 0 atom stereocenters. The number of amides is 1. The zero-order valence-corrected chi connectivity index (χ0v) is 15.9. The minimum atomic E-state index is -1.62. The lowest BCUT2D eigenvalue weighted by Crippen LogP contribution is -2.38. The Bertz CT molecular complexity index is 570. The summed E-state index contributed by atoms with van der Waals surface area (Å²) >= 11 is 0. The summed E-state index contributed by atoms with van der Waals surface area (Å²) in [5.74, 6) is -4.55. The SMILES string of the molecule is CCCCNC(=NCC(=O)Nc1ccc(F)c(F)c1F)NCC.I. The monoisotopic (exact) mass is 458 g/mol. The largest absolute Gasteiger partial charge is 0.357 e. The second-order valence-electron chi connectivity index (χ2n) is 4.75. The van der Waals surface area contributed by atoms with E-state index in [4.69, 9.17) is 0 Å². The number of nitrogens with zero attached hydrogens (tertiary/aromatic N) is 1. The molecule has 24 heavy (non-hydrogen) atoms. The van der Waals surface area contributed by atoms with Crippen LogP contribution < -0.4 is 16.0 Å². The van der Waals surface area contributed by atoms with E-state index in [1.807, 2.05) is 6.92 Å². The van der Waals surface area contributed by atoms with Gasteiger partial charge < -0.3 is 16.0 Å². The van der Waals surface area contributed by atoms with Gasteiger partial charge in [-0.15, -0.1) is 24.0 Å². The first-order valence-corrected chi connectivity index (χ1v) is 7.45. The van der Waals surface area contributed by atoms with Gasteiger partial charge in [0.15, 0.2) is 23.4 Å². The topological polar surface area (TPSA) is 65.5 Å². The predicted octanol–water partition coefficient (Wildman–Crippen LogP) is 3.02. The predicted molar refractivity (Wildman–Crippen MR) is 99.3 cm³/mol. The normalized spacial score (nSPS) is 10.8. The Kier molecular flexibility index (Phi) is 11.2.